The molecular weight excluding hydrogens is 234 g/mol. The lowest BCUT2D eigenvalue weighted by Gasteiger charge is -2.32. The van der Waals surface area contributed by atoms with Crippen molar-refractivity contribution >= 4 is 0 Å². The van der Waals surface area contributed by atoms with Crippen LogP contribution in [0.4, 0.5) is 0 Å². The quantitative estimate of drug-likeness (QED) is 0.802. The van der Waals surface area contributed by atoms with Crippen LogP contribution in [0.3, 0.4) is 0 Å². The summed E-state index contributed by atoms with van der Waals surface area (Å²) in [6.45, 7) is 8.86. The summed E-state index contributed by atoms with van der Waals surface area (Å²) >= 11 is 0. The average Bonchev–Trinajstić information content (AvgIpc) is 2.46. The van der Waals surface area contributed by atoms with E-state index in [0.717, 1.165) is 19.1 Å². The van der Waals surface area contributed by atoms with E-state index in [4.69, 9.17) is 4.74 Å². The minimum Gasteiger partial charge on any atom is -0.383 e. The monoisotopic (exact) mass is 261 g/mol. The SMILES string of the molecule is COCCN1CCC(c2ccc(C(C)C)cc2)CC1. The molecule has 0 aromatic heterocycles. The molecule has 2 nitrogen and oxygen atoms in total. The van der Waals surface area contributed by atoms with E-state index in [1.54, 1.807) is 7.11 Å². The van der Waals surface area contributed by atoms with Gasteiger partial charge in [0.15, 0.2) is 0 Å². The molecular formula is C17H27NO. The van der Waals surface area contributed by atoms with Crippen molar-refractivity contribution < 1.29 is 4.74 Å². The van der Waals surface area contributed by atoms with Gasteiger partial charge < -0.3 is 9.64 Å². The maximum absolute atomic E-state index is 5.15. The molecule has 1 saturated heterocycles. The van der Waals surface area contributed by atoms with Gasteiger partial charge in [-0.3, -0.25) is 0 Å². The van der Waals surface area contributed by atoms with Crippen molar-refractivity contribution in [3.63, 3.8) is 0 Å². The molecule has 1 fully saturated rings. The molecule has 0 saturated carbocycles. The highest BCUT2D eigenvalue weighted by molar-refractivity contribution is 5.27. The number of piperidine rings is 1. The zero-order valence-electron chi connectivity index (χ0n) is 12.6. The van der Waals surface area contributed by atoms with Crippen LogP contribution in [0.1, 0.15) is 49.7 Å². The van der Waals surface area contributed by atoms with Gasteiger partial charge in [0, 0.05) is 13.7 Å². The van der Waals surface area contributed by atoms with Crippen LogP contribution in [0.25, 0.3) is 0 Å². The molecule has 0 unspecified atom stereocenters. The molecule has 0 aliphatic carbocycles. The first kappa shape index (κ1) is 14.5. The van der Waals surface area contributed by atoms with Gasteiger partial charge >= 0.3 is 0 Å². The molecule has 1 aromatic carbocycles. The van der Waals surface area contributed by atoms with E-state index in [0.29, 0.717) is 5.92 Å². The molecule has 1 aliphatic rings. The van der Waals surface area contributed by atoms with Crippen LogP contribution in [-0.2, 0) is 4.74 Å². The smallest absolute Gasteiger partial charge is 0.0589 e. The Morgan fingerprint density at radius 2 is 1.79 bits per heavy atom. The number of nitrogens with zero attached hydrogens (tertiary/aromatic N) is 1. The molecule has 106 valence electrons. The van der Waals surface area contributed by atoms with Gasteiger partial charge in [0.1, 0.15) is 0 Å². The topological polar surface area (TPSA) is 12.5 Å². The molecule has 1 aromatic rings. The maximum Gasteiger partial charge on any atom is 0.0589 e. The highest BCUT2D eigenvalue weighted by atomic mass is 16.5. The molecule has 0 atom stereocenters. The summed E-state index contributed by atoms with van der Waals surface area (Å²) in [5.41, 5.74) is 2.97. The van der Waals surface area contributed by atoms with Gasteiger partial charge in [-0.1, -0.05) is 38.1 Å². The Bertz CT molecular complexity index is 363. The highest BCUT2D eigenvalue weighted by Gasteiger charge is 2.20. The minimum absolute atomic E-state index is 0.630. The minimum atomic E-state index is 0.630. The Labute approximate surface area is 117 Å². The second kappa shape index (κ2) is 7.06. The van der Waals surface area contributed by atoms with Crippen LogP contribution < -0.4 is 0 Å². The first-order valence-electron chi connectivity index (χ1n) is 7.52. The summed E-state index contributed by atoms with van der Waals surface area (Å²) in [6.07, 6.45) is 2.56. The van der Waals surface area contributed by atoms with Crippen molar-refractivity contribution in [2.45, 2.75) is 38.5 Å². The third kappa shape index (κ3) is 4.05. The van der Waals surface area contributed by atoms with E-state index in [-0.39, 0.29) is 0 Å². The normalized spacial score (nSPS) is 18.1. The lowest BCUT2D eigenvalue weighted by atomic mass is 9.88. The van der Waals surface area contributed by atoms with E-state index in [1.165, 1.54) is 37.1 Å². The molecule has 2 heteroatoms. The zero-order chi connectivity index (χ0) is 13.7. The van der Waals surface area contributed by atoms with E-state index in [1.807, 2.05) is 0 Å². The van der Waals surface area contributed by atoms with Crippen molar-refractivity contribution in [2.24, 2.45) is 0 Å². The maximum atomic E-state index is 5.15. The predicted molar refractivity (Wildman–Crippen MR) is 80.8 cm³/mol. The highest BCUT2D eigenvalue weighted by Crippen LogP contribution is 2.28. The summed E-state index contributed by atoms with van der Waals surface area (Å²) in [5, 5.41) is 0. The molecule has 0 spiro atoms. The van der Waals surface area contributed by atoms with Crippen LogP contribution >= 0.6 is 0 Å². The van der Waals surface area contributed by atoms with Crippen molar-refractivity contribution in [3.05, 3.63) is 35.4 Å². The number of likely N-dealkylation sites (tertiary alicyclic amines) is 1. The van der Waals surface area contributed by atoms with Gasteiger partial charge in [-0.05, 0) is 48.9 Å². The van der Waals surface area contributed by atoms with E-state index in [2.05, 4.69) is 43.0 Å². The largest absolute Gasteiger partial charge is 0.383 e. The number of benzene rings is 1. The number of ether oxygens (including phenoxy) is 1. The standard InChI is InChI=1S/C17H27NO/c1-14(2)15-4-6-16(7-5-15)17-8-10-18(11-9-17)12-13-19-3/h4-7,14,17H,8-13H2,1-3H3. The molecule has 19 heavy (non-hydrogen) atoms. The van der Waals surface area contributed by atoms with Gasteiger partial charge in [-0.2, -0.15) is 0 Å². The van der Waals surface area contributed by atoms with Gasteiger partial charge in [-0.15, -0.1) is 0 Å². The summed E-state index contributed by atoms with van der Waals surface area (Å²) in [4.78, 5) is 2.52. The third-order valence-corrected chi connectivity index (χ3v) is 4.27. The lowest BCUT2D eigenvalue weighted by Crippen LogP contribution is -2.35. The Morgan fingerprint density at radius 1 is 1.16 bits per heavy atom. The molecule has 1 aliphatic heterocycles. The van der Waals surface area contributed by atoms with E-state index >= 15 is 0 Å². The summed E-state index contributed by atoms with van der Waals surface area (Å²) < 4.78 is 5.15. The number of rotatable bonds is 5. The van der Waals surface area contributed by atoms with Crippen LogP contribution in [0.2, 0.25) is 0 Å². The molecule has 2 rings (SSSR count). The van der Waals surface area contributed by atoms with Crippen molar-refractivity contribution in [1.29, 1.82) is 0 Å². The first-order chi connectivity index (χ1) is 9.20. The van der Waals surface area contributed by atoms with Gasteiger partial charge in [-0.25, -0.2) is 0 Å². The number of hydrogen-bond acceptors (Lipinski definition) is 2. The second-order valence-corrected chi connectivity index (χ2v) is 5.93. The Kier molecular flexibility index (Phi) is 5.41. The molecule has 0 radical (unpaired) electrons. The van der Waals surface area contributed by atoms with Crippen molar-refractivity contribution in [3.8, 4) is 0 Å². The van der Waals surface area contributed by atoms with Gasteiger partial charge in [0.2, 0.25) is 0 Å². The van der Waals surface area contributed by atoms with Crippen LogP contribution in [0.15, 0.2) is 24.3 Å². The van der Waals surface area contributed by atoms with Gasteiger partial charge in [0.25, 0.3) is 0 Å². The fourth-order valence-electron chi connectivity index (χ4n) is 2.86. The Hall–Kier alpha value is -0.860. The molecule has 1 heterocycles. The van der Waals surface area contributed by atoms with Gasteiger partial charge in [0.05, 0.1) is 6.61 Å². The van der Waals surface area contributed by atoms with Crippen molar-refractivity contribution in [2.75, 3.05) is 33.4 Å². The van der Waals surface area contributed by atoms with E-state index < -0.39 is 0 Å². The van der Waals surface area contributed by atoms with E-state index in [9.17, 15) is 0 Å². The Balaban J connectivity index is 1.87. The fraction of sp³-hybridized carbons (Fsp3) is 0.647. The third-order valence-electron chi connectivity index (χ3n) is 4.27. The second-order valence-electron chi connectivity index (χ2n) is 5.93. The molecule has 0 bridgehead atoms. The fourth-order valence-corrected chi connectivity index (χ4v) is 2.86. The predicted octanol–water partition coefficient (Wildman–Crippen LogP) is 3.64. The average molecular weight is 261 g/mol. The lowest BCUT2D eigenvalue weighted by molar-refractivity contribution is 0.130. The zero-order valence-corrected chi connectivity index (χ0v) is 12.6. The number of methoxy groups -OCH3 is 1. The molecule has 0 amide bonds. The molecule has 0 N–H and O–H groups in total. The van der Waals surface area contributed by atoms with Crippen LogP contribution in [-0.4, -0.2) is 38.3 Å². The summed E-state index contributed by atoms with van der Waals surface area (Å²) in [6, 6.07) is 9.28. The van der Waals surface area contributed by atoms with Crippen molar-refractivity contribution in [1.82, 2.24) is 4.90 Å². The first-order valence-corrected chi connectivity index (χ1v) is 7.52. The summed E-state index contributed by atoms with van der Waals surface area (Å²) in [5.74, 6) is 1.38. The Morgan fingerprint density at radius 3 is 2.32 bits per heavy atom. The number of hydrogen-bond donors (Lipinski definition) is 0. The van der Waals surface area contributed by atoms with Crippen LogP contribution in [0.5, 0.6) is 0 Å². The summed E-state index contributed by atoms with van der Waals surface area (Å²) in [7, 11) is 1.78. The van der Waals surface area contributed by atoms with Crippen LogP contribution in [0, 0.1) is 0 Å².